The molecule has 0 saturated heterocycles. The van der Waals surface area contributed by atoms with E-state index in [-0.39, 0.29) is 17.1 Å². The molecule has 0 fully saturated rings. The highest BCUT2D eigenvalue weighted by atomic mass is 28.4. The van der Waals surface area contributed by atoms with Crippen LogP contribution < -0.4 is 0 Å². The molecule has 0 aromatic rings. The molecule has 0 aliphatic heterocycles. The quantitative estimate of drug-likeness (QED) is 0.542. The van der Waals surface area contributed by atoms with E-state index >= 15 is 0 Å². The standard InChI is InChI=1S/C13H28O2Si/c1-10(2)11(3)12(9-14)15-16(7,8)13(4,5)6/h9-12H,1-8H3/t11?,12-/m0/s1. The predicted octanol–water partition coefficient (Wildman–Crippen LogP) is 3.87. The second-order valence-electron chi connectivity index (χ2n) is 6.58. The Hall–Kier alpha value is -0.153. The van der Waals surface area contributed by atoms with Crippen LogP contribution in [0.15, 0.2) is 0 Å². The fourth-order valence-electron chi connectivity index (χ4n) is 1.16. The number of aldehydes is 1. The Balaban J connectivity index is 4.73. The first-order chi connectivity index (χ1) is 7.03. The largest absolute Gasteiger partial charge is 0.407 e. The van der Waals surface area contributed by atoms with Gasteiger partial charge in [-0.1, -0.05) is 41.5 Å². The third kappa shape index (κ3) is 4.02. The Bertz CT molecular complexity index is 229. The first-order valence-electron chi connectivity index (χ1n) is 6.16. The third-order valence-corrected chi connectivity index (χ3v) is 8.41. The van der Waals surface area contributed by atoms with E-state index in [1.54, 1.807) is 0 Å². The van der Waals surface area contributed by atoms with Crippen molar-refractivity contribution in [1.29, 1.82) is 0 Å². The van der Waals surface area contributed by atoms with Gasteiger partial charge in [-0.15, -0.1) is 0 Å². The van der Waals surface area contributed by atoms with Crippen LogP contribution in [0.4, 0.5) is 0 Å². The summed E-state index contributed by atoms with van der Waals surface area (Å²) in [5.41, 5.74) is 0. The van der Waals surface area contributed by atoms with Crippen LogP contribution >= 0.6 is 0 Å². The van der Waals surface area contributed by atoms with Crippen LogP contribution in [-0.4, -0.2) is 20.7 Å². The van der Waals surface area contributed by atoms with E-state index in [2.05, 4.69) is 54.6 Å². The highest BCUT2D eigenvalue weighted by molar-refractivity contribution is 6.74. The highest BCUT2D eigenvalue weighted by Gasteiger charge is 2.40. The van der Waals surface area contributed by atoms with Gasteiger partial charge in [-0.3, -0.25) is 0 Å². The van der Waals surface area contributed by atoms with E-state index in [0.29, 0.717) is 5.92 Å². The molecule has 0 saturated carbocycles. The Morgan fingerprint density at radius 3 is 1.81 bits per heavy atom. The van der Waals surface area contributed by atoms with Gasteiger partial charge < -0.3 is 9.22 Å². The molecule has 2 atom stereocenters. The summed E-state index contributed by atoms with van der Waals surface area (Å²) >= 11 is 0. The smallest absolute Gasteiger partial charge is 0.193 e. The van der Waals surface area contributed by atoms with Crippen molar-refractivity contribution < 1.29 is 9.22 Å². The summed E-state index contributed by atoms with van der Waals surface area (Å²) in [6.07, 6.45) is 0.728. The van der Waals surface area contributed by atoms with Gasteiger partial charge >= 0.3 is 0 Å². The molecular weight excluding hydrogens is 216 g/mol. The van der Waals surface area contributed by atoms with Gasteiger partial charge in [0.2, 0.25) is 0 Å². The van der Waals surface area contributed by atoms with Crippen LogP contribution in [0.5, 0.6) is 0 Å². The summed E-state index contributed by atoms with van der Waals surface area (Å²) in [6, 6.07) is 0. The summed E-state index contributed by atoms with van der Waals surface area (Å²) in [7, 11) is -1.83. The second kappa shape index (κ2) is 5.45. The van der Waals surface area contributed by atoms with Crippen molar-refractivity contribution in [2.75, 3.05) is 0 Å². The topological polar surface area (TPSA) is 26.3 Å². The molecule has 2 nitrogen and oxygen atoms in total. The van der Waals surface area contributed by atoms with Crippen LogP contribution in [-0.2, 0) is 9.22 Å². The number of hydrogen-bond acceptors (Lipinski definition) is 2. The van der Waals surface area contributed by atoms with Crippen molar-refractivity contribution in [1.82, 2.24) is 0 Å². The third-order valence-electron chi connectivity index (χ3n) is 3.94. The fraction of sp³-hybridized carbons (Fsp3) is 0.923. The van der Waals surface area contributed by atoms with Crippen LogP contribution in [0.1, 0.15) is 41.5 Å². The van der Waals surface area contributed by atoms with Gasteiger partial charge in [0.15, 0.2) is 8.32 Å². The summed E-state index contributed by atoms with van der Waals surface area (Å²) in [4.78, 5) is 11.2. The maximum absolute atomic E-state index is 11.2. The molecule has 3 heteroatoms. The van der Waals surface area contributed by atoms with Crippen molar-refractivity contribution >= 4 is 14.6 Å². The van der Waals surface area contributed by atoms with Gasteiger partial charge in [0.1, 0.15) is 12.4 Å². The van der Waals surface area contributed by atoms with Gasteiger partial charge in [-0.2, -0.15) is 0 Å². The molecular formula is C13H28O2Si. The normalized spacial score (nSPS) is 17.3. The number of rotatable bonds is 5. The lowest BCUT2D eigenvalue weighted by Crippen LogP contribution is -2.46. The molecule has 16 heavy (non-hydrogen) atoms. The zero-order valence-corrected chi connectivity index (χ0v) is 13.1. The van der Waals surface area contributed by atoms with Crippen molar-refractivity contribution in [3.05, 3.63) is 0 Å². The summed E-state index contributed by atoms with van der Waals surface area (Å²) in [6.45, 7) is 17.3. The van der Waals surface area contributed by atoms with E-state index in [0.717, 1.165) is 6.29 Å². The van der Waals surface area contributed by atoms with Crippen molar-refractivity contribution in [2.45, 2.75) is 65.8 Å². The summed E-state index contributed by atoms with van der Waals surface area (Å²) < 4.78 is 6.15. The van der Waals surface area contributed by atoms with Gasteiger partial charge in [-0.25, -0.2) is 0 Å². The van der Waals surface area contributed by atoms with E-state index in [1.165, 1.54) is 0 Å². The number of hydrogen-bond donors (Lipinski definition) is 0. The molecule has 0 aliphatic rings. The van der Waals surface area contributed by atoms with Gasteiger partial charge in [0.25, 0.3) is 0 Å². The Morgan fingerprint density at radius 1 is 1.12 bits per heavy atom. The van der Waals surface area contributed by atoms with E-state index in [1.807, 2.05) is 0 Å². The molecule has 0 radical (unpaired) electrons. The van der Waals surface area contributed by atoms with Crippen LogP contribution in [0.3, 0.4) is 0 Å². The minimum Gasteiger partial charge on any atom is -0.407 e. The molecule has 0 heterocycles. The summed E-state index contributed by atoms with van der Waals surface area (Å²) in [5.74, 6) is 0.756. The SMILES string of the molecule is CC(C)C(C)[C@H](C=O)O[Si](C)(C)C(C)(C)C. The van der Waals surface area contributed by atoms with Crippen molar-refractivity contribution in [2.24, 2.45) is 11.8 Å². The molecule has 0 bridgehead atoms. The molecule has 0 spiro atoms. The zero-order valence-electron chi connectivity index (χ0n) is 12.1. The maximum Gasteiger partial charge on any atom is 0.193 e. The van der Waals surface area contributed by atoms with E-state index in [4.69, 9.17) is 4.43 Å². The van der Waals surface area contributed by atoms with Crippen molar-refractivity contribution in [3.63, 3.8) is 0 Å². The number of carbonyl (C=O) groups is 1. The summed E-state index contributed by atoms with van der Waals surface area (Å²) in [5, 5.41) is 0.158. The Kier molecular flexibility index (Phi) is 5.40. The van der Waals surface area contributed by atoms with Gasteiger partial charge in [0, 0.05) is 0 Å². The van der Waals surface area contributed by atoms with E-state index in [9.17, 15) is 4.79 Å². The van der Waals surface area contributed by atoms with Crippen molar-refractivity contribution in [3.8, 4) is 0 Å². The minimum absolute atomic E-state index is 0.158. The highest BCUT2D eigenvalue weighted by Crippen LogP contribution is 2.38. The van der Waals surface area contributed by atoms with Crippen LogP contribution in [0.25, 0.3) is 0 Å². The van der Waals surface area contributed by atoms with Gasteiger partial charge in [-0.05, 0) is 30.0 Å². The lowest BCUT2D eigenvalue weighted by molar-refractivity contribution is -0.116. The van der Waals surface area contributed by atoms with E-state index < -0.39 is 8.32 Å². The Morgan fingerprint density at radius 2 is 1.56 bits per heavy atom. The first kappa shape index (κ1) is 15.8. The zero-order chi connectivity index (χ0) is 13.1. The molecule has 0 aromatic heterocycles. The minimum atomic E-state index is -1.83. The lowest BCUT2D eigenvalue weighted by atomic mass is 9.93. The predicted molar refractivity (Wildman–Crippen MR) is 72.1 cm³/mol. The first-order valence-corrected chi connectivity index (χ1v) is 9.07. The molecule has 0 N–H and O–H groups in total. The molecule has 0 rings (SSSR count). The monoisotopic (exact) mass is 244 g/mol. The molecule has 1 unspecified atom stereocenters. The van der Waals surface area contributed by atoms with Crippen LogP contribution in [0, 0.1) is 11.8 Å². The molecule has 96 valence electrons. The average Bonchev–Trinajstić information content (AvgIpc) is 2.11. The molecule has 0 aromatic carbocycles. The Labute approximate surface area is 102 Å². The fourth-order valence-corrected chi connectivity index (χ4v) is 2.46. The maximum atomic E-state index is 11.2. The van der Waals surface area contributed by atoms with Gasteiger partial charge in [0.05, 0.1) is 0 Å². The molecule has 0 aliphatic carbocycles. The number of carbonyl (C=O) groups excluding carboxylic acids is 1. The molecule has 0 amide bonds. The lowest BCUT2D eigenvalue weighted by Gasteiger charge is -2.39. The van der Waals surface area contributed by atoms with Crippen LogP contribution in [0.2, 0.25) is 18.1 Å². The average molecular weight is 244 g/mol. The second-order valence-corrected chi connectivity index (χ2v) is 11.3.